The largest absolute Gasteiger partial charge is 0.480 e. The summed E-state index contributed by atoms with van der Waals surface area (Å²) in [6, 6.07) is -1.55. The topological polar surface area (TPSA) is 122 Å². The number of amides is 1. The predicted molar refractivity (Wildman–Crippen MR) is 58.2 cm³/mol. The molecule has 0 aromatic carbocycles. The first-order valence-electron chi connectivity index (χ1n) is 5.39. The van der Waals surface area contributed by atoms with Gasteiger partial charge in [-0.25, -0.2) is 4.79 Å². The summed E-state index contributed by atoms with van der Waals surface area (Å²) >= 11 is 0. The first-order valence-corrected chi connectivity index (χ1v) is 5.39. The maximum atomic E-state index is 12.0. The molecule has 2 unspecified atom stereocenters. The van der Waals surface area contributed by atoms with Crippen LogP contribution in [0.4, 0.5) is 0 Å². The van der Waals surface area contributed by atoms with Crippen LogP contribution in [-0.2, 0) is 14.3 Å². The quantitative estimate of drug-likeness (QED) is 0.459. The Morgan fingerprint density at radius 1 is 1.65 bits per heavy atom. The lowest BCUT2D eigenvalue weighted by atomic mass is 9.84. The van der Waals surface area contributed by atoms with Crippen LogP contribution in [0.1, 0.15) is 13.3 Å². The second-order valence-corrected chi connectivity index (χ2v) is 4.42. The molecule has 1 aliphatic heterocycles. The molecular formula is C10H18N2O5. The molecule has 5 N–H and O–H groups in total. The van der Waals surface area contributed by atoms with Crippen LogP contribution >= 0.6 is 0 Å². The van der Waals surface area contributed by atoms with Crippen LogP contribution in [0.15, 0.2) is 0 Å². The monoisotopic (exact) mass is 246 g/mol. The average Bonchev–Trinajstić information content (AvgIpc) is 2.59. The highest BCUT2D eigenvalue weighted by Crippen LogP contribution is 2.27. The molecule has 0 spiro atoms. The number of nitrogens with two attached hydrogens (primary N) is 1. The van der Waals surface area contributed by atoms with E-state index in [1.807, 2.05) is 0 Å². The molecule has 0 radical (unpaired) electrons. The number of carboxylic acids is 1. The van der Waals surface area contributed by atoms with Gasteiger partial charge in [0.05, 0.1) is 18.6 Å². The summed E-state index contributed by atoms with van der Waals surface area (Å²) in [6.45, 7) is 1.78. The van der Waals surface area contributed by atoms with E-state index < -0.39 is 29.4 Å². The van der Waals surface area contributed by atoms with E-state index in [0.29, 0.717) is 0 Å². The molecule has 3 atom stereocenters. The van der Waals surface area contributed by atoms with Crippen LogP contribution in [0.25, 0.3) is 0 Å². The third-order valence-corrected chi connectivity index (χ3v) is 3.06. The average molecular weight is 246 g/mol. The molecule has 0 aromatic heterocycles. The van der Waals surface area contributed by atoms with Crippen molar-refractivity contribution in [1.82, 2.24) is 5.32 Å². The second-order valence-electron chi connectivity index (χ2n) is 4.42. The molecule has 17 heavy (non-hydrogen) atoms. The molecule has 1 amide bonds. The first kappa shape index (κ1) is 13.9. The van der Waals surface area contributed by atoms with E-state index in [1.54, 1.807) is 6.92 Å². The Bertz CT molecular complexity index is 309. The number of aliphatic hydroxyl groups is 1. The van der Waals surface area contributed by atoms with Gasteiger partial charge < -0.3 is 26.0 Å². The van der Waals surface area contributed by atoms with Gasteiger partial charge in [-0.2, -0.15) is 0 Å². The van der Waals surface area contributed by atoms with E-state index >= 15 is 0 Å². The fraction of sp³-hybridized carbons (Fsp3) is 0.800. The van der Waals surface area contributed by atoms with Crippen molar-refractivity contribution in [3.05, 3.63) is 0 Å². The van der Waals surface area contributed by atoms with Gasteiger partial charge in [0.25, 0.3) is 0 Å². The Balaban J connectivity index is 2.66. The number of ether oxygens (including phenoxy) is 1. The van der Waals surface area contributed by atoms with E-state index in [4.69, 9.17) is 20.7 Å². The van der Waals surface area contributed by atoms with Gasteiger partial charge in [0, 0.05) is 19.1 Å². The van der Waals surface area contributed by atoms with Crippen LogP contribution in [0.3, 0.4) is 0 Å². The molecule has 1 fully saturated rings. The van der Waals surface area contributed by atoms with Gasteiger partial charge in [-0.15, -0.1) is 0 Å². The van der Waals surface area contributed by atoms with Crippen molar-refractivity contribution in [2.45, 2.75) is 25.4 Å². The summed E-state index contributed by atoms with van der Waals surface area (Å²) in [4.78, 5) is 22.8. The van der Waals surface area contributed by atoms with Crippen molar-refractivity contribution in [2.75, 3.05) is 19.8 Å². The first-order chi connectivity index (χ1) is 7.91. The van der Waals surface area contributed by atoms with E-state index in [1.165, 1.54) is 0 Å². The fourth-order valence-electron chi connectivity index (χ4n) is 1.63. The van der Waals surface area contributed by atoms with E-state index in [2.05, 4.69) is 5.32 Å². The van der Waals surface area contributed by atoms with Crippen LogP contribution in [0.2, 0.25) is 0 Å². The molecule has 0 saturated carbocycles. The van der Waals surface area contributed by atoms with Crippen LogP contribution in [-0.4, -0.2) is 54.0 Å². The number of carboxylic acid groups (broad SMARTS) is 1. The number of aliphatic hydroxyl groups excluding tert-OH is 1. The third-order valence-electron chi connectivity index (χ3n) is 3.06. The maximum Gasteiger partial charge on any atom is 0.326 e. The second kappa shape index (κ2) is 5.44. The van der Waals surface area contributed by atoms with Crippen molar-refractivity contribution in [3.63, 3.8) is 0 Å². The minimum Gasteiger partial charge on any atom is -0.480 e. The van der Waals surface area contributed by atoms with Gasteiger partial charge in [-0.05, 0) is 6.92 Å². The molecule has 7 nitrogen and oxygen atoms in total. The summed E-state index contributed by atoms with van der Waals surface area (Å²) in [7, 11) is 0. The minimum atomic E-state index is -1.18. The van der Waals surface area contributed by atoms with Gasteiger partial charge in [0.15, 0.2) is 0 Å². The molecule has 1 saturated heterocycles. The number of hydrogen-bond donors (Lipinski definition) is 4. The Morgan fingerprint density at radius 3 is 2.71 bits per heavy atom. The van der Waals surface area contributed by atoms with Crippen molar-refractivity contribution in [2.24, 2.45) is 11.1 Å². The lowest BCUT2D eigenvalue weighted by Gasteiger charge is -2.27. The standard InChI is InChI=1S/C10H18N2O5/c1-10(5-17-4-7(10)11)9(16)12-6(2-3-13)8(14)15/h6-7,13H,2-5,11H2,1H3,(H,12,16)(H,14,15)/t6-,7?,10?/m1/s1. The molecule has 98 valence electrons. The SMILES string of the molecule is CC1(C(=O)N[C@H](CCO)C(=O)O)COCC1N. The van der Waals surface area contributed by atoms with Crippen molar-refractivity contribution >= 4 is 11.9 Å². The molecule has 1 heterocycles. The number of hydrogen-bond acceptors (Lipinski definition) is 5. The zero-order valence-electron chi connectivity index (χ0n) is 9.68. The Hall–Kier alpha value is -1.18. The number of nitrogens with one attached hydrogen (secondary N) is 1. The number of carbonyl (C=O) groups excluding carboxylic acids is 1. The highest BCUT2D eigenvalue weighted by atomic mass is 16.5. The van der Waals surface area contributed by atoms with Crippen molar-refractivity contribution in [1.29, 1.82) is 0 Å². The summed E-state index contributed by atoms with van der Waals surface area (Å²) in [5.41, 5.74) is 4.84. The molecule has 0 bridgehead atoms. The minimum absolute atomic E-state index is 0.0345. The molecule has 0 aliphatic carbocycles. The molecule has 1 aliphatic rings. The zero-order chi connectivity index (χ0) is 13.1. The number of aliphatic carboxylic acids is 1. The highest BCUT2D eigenvalue weighted by Gasteiger charge is 2.45. The Kier molecular flexibility index (Phi) is 4.44. The smallest absolute Gasteiger partial charge is 0.326 e. The van der Waals surface area contributed by atoms with Crippen LogP contribution in [0, 0.1) is 5.41 Å². The van der Waals surface area contributed by atoms with Crippen LogP contribution < -0.4 is 11.1 Å². The van der Waals surface area contributed by atoms with E-state index in [9.17, 15) is 9.59 Å². The molecule has 1 rings (SSSR count). The Labute approximate surface area is 98.9 Å². The fourth-order valence-corrected chi connectivity index (χ4v) is 1.63. The maximum absolute atomic E-state index is 12.0. The van der Waals surface area contributed by atoms with Crippen molar-refractivity contribution in [3.8, 4) is 0 Å². The lowest BCUT2D eigenvalue weighted by Crippen LogP contribution is -2.54. The van der Waals surface area contributed by atoms with Gasteiger partial charge in [0.1, 0.15) is 6.04 Å². The molecule has 7 heteroatoms. The summed E-state index contributed by atoms with van der Waals surface area (Å²) in [6.07, 6.45) is -0.0345. The lowest BCUT2D eigenvalue weighted by molar-refractivity contribution is -0.144. The molecular weight excluding hydrogens is 228 g/mol. The number of carbonyl (C=O) groups is 2. The van der Waals surface area contributed by atoms with Gasteiger partial charge in [0.2, 0.25) is 5.91 Å². The van der Waals surface area contributed by atoms with E-state index in [-0.39, 0.29) is 26.2 Å². The van der Waals surface area contributed by atoms with Gasteiger partial charge in [-0.3, -0.25) is 4.79 Å². The Morgan fingerprint density at radius 2 is 2.29 bits per heavy atom. The summed E-state index contributed by atoms with van der Waals surface area (Å²) in [5.74, 6) is -1.63. The summed E-state index contributed by atoms with van der Waals surface area (Å²) < 4.78 is 5.11. The highest BCUT2D eigenvalue weighted by molar-refractivity contribution is 5.88. The third kappa shape index (κ3) is 2.93. The summed E-state index contributed by atoms with van der Waals surface area (Å²) in [5, 5.41) is 19.9. The van der Waals surface area contributed by atoms with Crippen LogP contribution in [0.5, 0.6) is 0 Å². The number of rotatable bonds is 5. The molecule has 0 aromatic rings. The normalized spacial score (nSPS) is 29.9. The van der Waals surface area contributed by atoms with Gasteiger partial charge in [-0.1, -0.05) is 0 Å². The van der Waals surface area contributed by atoms with Crippen molar-refractivity contribution < 1.29 is 24.5 Å². The predicted octanol–water partition coefficient (Wildman–Crippen LogP) is -1.70. The van der Waals surface area contributed by atoms with Gasteiger partial charge >= 0.3 is 5.97 Å². The van der Waals surface area contributed by atoms with E-state index in [0.717, 1.165) is 0 Å². The zero-order valence-corrected chi connectivity index (χ0v) is 9.68.